The van der Waals surface area contributed by atoms with E-state index in [0.717, 1.165) is 17.3 Å². The molecule has 0 aliphatic carbocycles. The van der Waals surface area contributed by atoms with E-state index in [0.29, 0.717) is 48.0 Å². The minimum atomic E-state index is -4.96. The number of alkyl halides is 3. The topological polar surface area (TPSA) is 101 Å². The zero-order chi connectivity index (χ0) is 29.5. The largest absolute Gasteiger partial charge is 0.421 e. The first-order valence-corrected chi connectivity index (χ1v) is 13.5. The number of pyridine rings is 1. The second kappa shape index (κ2) is 11.2. The van der Waals surface area contributed by atoms with Crippen molar-refractivity contribution in [3.63, 3.8) is 0 Å². The van der Waals surface area contributed by atoms with Gasteiger partial charge in [-0.2, -0.15) is 18.4 Å². The van der Waals surface area contributed by atoms with Crippen molar-refractivity contribution >= 4 is 34.6 Å². The molecule has 2 aliphatic heterocycles. The average Bonchev–Trinajstić information content (AvgIpc) is 3.62. The summed E-state index contributed by atoms with van der Waals surface area (Å²) >= 11 is 7.43. The molecule has 2 aromatic heterocycles. The summed E-state index contributed by atoms with van der Waals surface area (Å²) in [6, 6.07) is 4.22. The van der Waals surface area contributed by atoms with E-state index in [4.69, 9.17) is 21.7 Å². The number of piperidine rings is 1. The van der Waals surface area contributed by atoms with Crippen molar-refractivity contribution in [3.05, 3.63) is 84.2 Å². The Morgan fingerprint density at radius 3 is 2.66 bits per heavy atom. The van der Waals surface area contributed by atoms with Crippen molar-refractivity contribution in [1.29, 1.82) is 5.26 Å². The van der Waals surface area contributed by atoms with Crippen LogP contribution >= 0.6 is 22.9 Å². The number of hydrogen-bond donors (Lipinski definition) is 0. The Balaban J connectivity index is 1.21. The van der Waals surface area contributed by atoms with E-state index in [1.54, 1.807) is 11.4 Å². The van der Waals surface area contributed by atoms with Gasteiger partial charge < -0.3 is 14.3 Å². The van der Waals surface area contributed by atoms with Crippen molar-refractivity contribution in [1.82, 2.24) is 14.5 Å². The third-order valence-corrected chi connectivity index (χ3v) is 8.25. The van der Waals surface area contributed by atoms with Crippen molar-refractivity contribution in [2.24, 2.45) is 5.16 Å². The fraction of sp³-hybridized carbons (Fsp3) is 0.346. The van der Waals surface area contributed by atoms with E-state index < -0.39 is 47.5 Å². The number of nitrogens with zero attached hydrogens (tertiary/aromatic N) is 5. The van der Waals surface area contributed by atoms with Gasteiger partial charge in [0, 0.05) is 37.0 Å². The second-order valence-corrected chi connectivity index (χ2v) is 10.8. The first-order chi connectivity index (χ1) is 19.5. The van der Waals surface area contributed by atoms with Gasteiger partial charge in [-0.15, -0.1) is 11.3 Å². The molecule has 1 amide bonds. The SMILES string of the molecule is N#Cc1cc(C(F)(F)F)c(=O)n(CC(=O)N2CCC(c3nc(C4=NOC(c5c(Cl)ccc(F)c5F)C4)cs3)CC2)c1. The maximum Gasteiger partial charge on any atom is 0.421 e. The quantitative estimate of drug-likeness (QED) is 0.284. The lowest BCUT2D eigenvalue weighted by Gasteiger charge is -2.31. The standard InChI is InChI=1S/C26H19ClF5N5O3S/c27-16-1-2-17(28)23(29)22(16)20-8-18(35-40-20)19-12-41-24(34-19)14-3-5-36(6-4-14)21(38)11-37-10-13(9-33)7-15(25(37)39)26(30,31)32/h1-2,7,10,12,14,20H,3-6,8,11H2. The highest BCUT2D eigenvalue weighted by Gasteiger charge is 2.36. The molecule has 0 spiro atoms. The van der Waals surface area contributed by atoms with Crippen LogP contribution < -0.4 is 5.56 Å². The minimum absolute atomic E-state index is 0.00639. The fourth-order valence-corrected chi connectivity index (χ4v) is 6.04. The van der Waals surface area contributed by atoms with Gasteiger partial charge in [0.25, 0.3) is 5.56 Å². The molecule has 1 unspecified atom stereocenters. The van der Waals surface area contributed by atoms with Gasteiger partial charge in [0.1, 0.15) is 23.9 Å². The number of amides is 1. The Morgan fingerprint density at radius 2 is 1.98 bits per heavy atom. The van der Waals surface area contributed by atoms with Gasteiger partial charge in [-0.25, -0.2) is 13.8 Å². The molecule has 15 heteroatoms. The number of aromatic nitrogens is 2. The van der Waals surface area contributed by atoms with Gasteiger partial charge in [0.15, 0.2) is 17.7 Å². The molecule has 0 N–H and O–H groups in total. The van der Waals surface area contributed by atoms with Crippen LogP contribution in [0, 0.1) is 23.0 Å². The molecule has 4 heterocycles. The van der Waals surface area contributed by atoms with Crippen molar-refractivity contribution in [2.75, 3.05) is 13.1 Å². The average molecular weight is 612 g/mol. The Hall–Kier alpha value is -3.83. The predicted octanol–water partition coefficient (Wildman–Crippen LogP) is 5.40. The van der Waals surface area contributed by atoms with Crippen LogP contribution in [0.1, 0.15) is 58.7 Å². The molecule has 1 atom stereocenters. The normalized spacial score (nSPS) is 17.7. The highest BCUT2D eigenvalue weighted by atomic mass is 35.5. The predicted molar refractivity (Wildman–Crippen MR) is 137 cm³/mol. The zero-order valence-electron chi connectivity index (χ0n) is 20.9. The van der Waals surface area contributed by atoms with E-state index >= 15 is 0 Å². The number of rotatable bonds is 5. The van der Waals surface area contributed by atoms with E-state index in [9.17, 15) is 31.5 Å². The van der Waals surface area contributed by atoms with Crippen LogP contribution in [0.15, 0.2) is 39.7 Å². The summed E-state index contributed by atoms with van der Waals surface area (Å²) in [6.45, 7) is -0.0398. The first-order valence-electron chi connectivity index (χ1n) is 12.3. The minimum Gasteiger partial charge on any atom is -0.387 e. The number of carbonyl (C=O) groups is 1. The van der Waals surface area contributed by atoms with E-state index in [2.05, 4.69) is 10.1 Å². The molecule has 2 aliphatic rings. The molecule has 41 heavy (non-hydrogen) atoms. The molecule has 214 valence electrons. The molecular formula is C26H19ClF5N5O3S. The molecule has 0 bridgehead atoms. The van der Waals surface area contributed by atoms with Crippen LogP contribution in [-0.2, 0) is 22.4 Å². The number of nitriles is 1. The molecule has 1 aromatic carbocycles. The van der Waals surface area contributed by atoms with Gasteiger partial charge >= 0.3 is 6.18 Å². The van der Waals surface area contributed by atoms with Gasteiger partial charge in [-0.05, 0) is 31.0 Å². The molecular weight excluding hydrogens is 593 g/mol. The van der Waals surface area contributed by atoms with Crippen LogP contribution in [0.3, 0.4) is 0 Å². The summed E-state index contributed by atoms with van der Waals surface area (Å²) < 4.78 is 68.3. The maximum atomic E-state index is 14.3. The molecule has 8 nitrogen and oxygen atoms in total. The van der Waals surface area contributed by atoms with E-state index in [-0.39, 0.29) is 28.5 Å². The summed E-state index contributed by atoms with van der Waals surface area (Å²) in [5.41, 5.74) is -2.41. The van der Waals surface area contributed by atoms with Crippen LogP contribution in [-0.4, -0.2) is 39.2 Å². The molecule has 3 aromatic rings. The van der Waals surface area contributed by atoms with Gasteiger partial charge in [-0.1, -0.05) is 16.8 Å². The van der Waals surface area contributed by atoms with E-state index in [1.165, 1.54) is 22.3 Å². The summed E-state index contributed by atoms with van der Waals surface area (Å²) in [7, 11) is 0. The molecule has 5 rings (SSSR count). The highest BCUT2D eigenvalue weighted by molar-refractivity contribution is 7.10. The van der Waals surface area contributed by atoms with Gasteiger partial charge in [0.05, 0.1) is 26.9 Å². The highest BCUT2D eigenvalue weighted by Crippen LogP contribution is 2.37. The van der Waals surface area contributed by atoms with Gasteiger partial charge in [-0.3, -0.25) is 9.59 Å². The number of likely N-dealkylation sites (tertiary alicyclic amines) is 1. The fourth-order valence-electron chi connectivity index (χ4n) is 4.77. The van der Waals surface area contributed by atoms with Crippen LogP contribution in [0.2, 0.25) is 5.02 Å². The Labute approximate surface area is 238 Å². The van der Waals surface area contributed by atoms with Gasteiger partial charge in [0.2, 0.25) is 5.91 Å². The number of halogens is 6. The van der Waals surface area contributed by atoms with Crippen LogP contribution in [0.25, 0.3) is 0 Å². The summed E-state index contributed by atoms with van der Waals surface area (Å²) in [6.07, 6.45) is -3.74. The van der Waals surface area contributed by atoms with Crippen molar-refractivity contribution in [3.8, 4) is 6.07 Å². The smallest absolute Gasteiger partial charge is 0.387 e. The zero-order valence-corrected chi connectivity index (χ0v) is 22.5. The summed E-state index contributed by atoms with van der Waals surface area (Å²) in [5, 5.41) is 15.6. The van der Waals surface area contributed by atoms with Crippen LogP contribution in [0.4, 0.5) is 22.0 Å². The summed E-state index contributed by atoms with van der Waals surface area (Å²) in [5.74, 6) is -2.69. The Kier molecular flexibility index (Phi) is 7.85. The lowest BCUT2D eigenvalue weighted by Crippen LogP contribution is -2.41. The number of carbonyl (C=O) groups excluding carboxylic acids is 1. The third kappa shape index (κ3) is 5.82. The summed E-state index contributed by atoms with van der Waals surface area (Å²) in [4.78, 5) is 36.5. The van der Waals surface area contributed by atoms with Crippen LogP contribution in [0.5, 0.6) is 0 Å². The monoisotopic (exact) mass is 611 g/mol. The number of oxime groups is 1. The number of thiazole rings is 1. The second-order valence-electron chi connectivity index (χ2n) is 9.50. The Morgan fingerprint density at radius 1 is 1.24 bits per heavy atom. The Bertz CT molecular complexity index is 1640. The molecule has 0 saturated carbocycles. The first kappa shape index (κ1) is 28.7. The molecule has 1 saturated heterocycles. The maximum absolute atomic E-state index is 14.3. The number of hydrogen-bond acceptors (Lipinski definition) is 7. The number of benzene rings is 1. The lowest BCUT2D eigenvalue weighted by atomic mass is 9.97. The van der Waals surface area contributed by atoms with Crippen molar-refractivity contribution < 1.29 is 31.6 Å². The molecule has 0 radical (unpaired) electrons. The molecule has 1 fully saturated rings. The lowest BCUT2D eigenvalue weighted by molar-refractivity contribution is -0.139. The van der Waals surface area contributed by atoms with Crippen molar-refractivity contribution in [2.45, 2.75) is 44.0 Å². The third-order valence-electron chi connectivity index (χ3n) is 6.91. The van der Waals surface area contributed by atoms with E-state index in [1.807, 2.05) is 0 Å².